The molecule has 8 heavy (non-hydrogen) atoms. The van der Waals surface area contributed by atoms with Crippen LogP contribution in [-0.4, -0.2) is 18.3 Å². The Kier molecular flexibility index (Phi) is 1.92. The number of rotatable bonds is 1. The van der Waals surface area contributed by atoms with Gasteiger partial charge in [0.1, 0.15) is 0 Å². The fourth-order valence-electron chi connectivity index (χ4n) is 0.702. The zero-order valence-corrected chi connectivity index (χ0v) is 4.71. The summed E-state index contributed by atoms with van der Waals surface area (Å²) in [6.45, 7) is 1.00. The summed E-state index contributed by atoms with van der Waals surface area (Å²) in [5, 5.41) is 8.58. The molecule has 2 heteroatoms. The highest BCUT2D eigenvalue weighted by Crippen LogP contribution is 2.08. The predicted octanol–water partition coefficient (Wildman–Crippen LogP) is 0.529. The molecule has 46 valence electrons. The summed E-state index contributed by atoms with van der Waals surface area (Å²) in [5.74, 6) is 0.337. The molecular weight excluding hydrogens is 104 g/mol. The lowest BCUT2D eigenvalue weighted by Gasteiger charge is -2.12. The summed E-state index contributed by atoms with van der Waals surface area (Å²) < 4.78 is 4.91. The first-order valence-corrected chi connectivity index (χ1v) is 2.82. The normalized spacial score (nSPS) is 27.4. The van der Waals surface area contributed by atoms with Gasteiger partial charge in [0.25, 0.3) is 0 Å². The highest BCUT2D eigenvalue weighted by molar-refractivity contribution is 4.85. The van der Waals surface area contributed by atoms with E-state index in [1.54, 1.807) is 6.26 Å². The van der Waals surface area contributed by atoms with Crippen LogP contribution in [0.3, 0.4) is 0 Å². The van der Waals surface area contributed by atoms with E-state index in [2.05, 4.69) is 0 Å². The molecule has 1 atom stereocenters. The van der Waals surface area contributed by atoms with Gasteiger partial charge in [0.15, 0.2) is 0 Å². The summed E-state index contributed by atoms with van der Waals surface area (Å²) in [7, 11) is 0. The van der Waals surface area contributed by atoms with E-state index >= 15 is 0 Å². The van der Waals surface area contributed by atoms with Crippen LogP contribution in [-0.2, 0) is 4.74 Å². The summed E-state index contributed by atoms with van der Waals surface area (Å²) in [4.78, 5) is 0. The molecule has 0 aromatic carbocycles. The molecule has 1 unspecified atom stereocenters. The highest BCUT2D eigenvalue weighted by atomic mass is 16.5. The van der Waals surface area contributed by atoms with E-state index in [1.165, 1.54) is 0 Å². The van der Waals surface area contributed by atoms with Crippen LogP contribution in [0.1, 0.15) is 6.42 Å². The van der Waals surface area contributed by atoms with Crippen molar-refractivity contribution >= 4 is 0 Å². The number of aliphatic hydroxyl groups excluding tert-OH is 1. The van der Waals surface area contributed by atoms with Gasteiger partial charge in [0, 0.05) is 12.5 Å². The molecule has 1 aliphatic heterocycles. The Morgan fingerprint density at radius 3 is 3.00 bits per heavy atom. The van der Waals surface area contributed by atoms with Crippen molar-refractivity contribution in [1.29, 1.82) is 0 Å². The molecule has 0 amide bonds. The molecule has 0 radical (unpaired) electrons. The Morgan fingerprint density at radius 1 is 1.75 bits per heavy atom. The number of hydrogen-bond donors (Lipinski definition) is 1. The van der Waals surface area contributed by atoms with Crippen LogP contribution in [0.25, 0.3) is 0 Å². The van der Waals surface area contributed by atoms with E-state index in [9.17, 15) is 0 Å². The first-order valence-electron chi connectivity index (χ1n) is 2.82. The molecule has 1 rings (SSSR count). The molecule has 0 saturated heterocycles. The van der Waals surface area contributed by atoms with Crippen molar-refractivity contribution in [3.05, 3.63) is 12.3 Å². The third-order valence-corrected chi connectivity index (χ3v) is 1.29. The Balaban J connectivity index is 2.32. The molecule has 0 aliphatic carbocycles. The first-order chi connectivity index (χ1) is 3.93. The molecule has 0 aromatic rings. The first kappa shape index (κ1) is 5.63. The van der Waals surface area contributed by atoms with Crippen molar-refractivity contribution in [3.63, 3.8) is 0 Å². The number of hydrogen-bond acceptors (Lipinski definition) is 2. The van der Waals surface area contributed by atoms with Gasteiger partial charge in [-0.3, -0.25) is 0 Å². The summed E-state index contributed by atoms with van der Waals surface area (Å²) in [6.07, 6.45) is 4.50. The molecule has 0 spiro atoms. The van der Waals surface area contributed by atoms with Crippen LogP contribution in [0.2, 0.25) is 0 Å². The molecule has 1 aliphatic rings. The monoisotopic (exact) mass is 114 g/mol. The fraction of sp³-hybridized carbons (Fsp3) is 0.667. The van der Waals surface area contributed by atoms with Crippen LogP contribution in [0.4, 0.5) is 0 Å². The van der Waals surface area contributed by atoms with Crippen LogP contribution in [0, 0.1) is 5.92 Å². The van der Waals surface area contributed by atoms with E-state index in [1.807, 2.05) is 6.08 Å². The molecule has 1 heterocycles. The third-order valence-electron chi connectivity index (χ3n) is 1.29. The van der Waals surface area contributed by atoms with Gasteiger partial charge in [-0.25, -0.2) is 0 Å². The van der Waals surface area contributed by atoms with Crippen LogP contribution in [0.5, 0.6) is 0 Å². The Bertz CT molecular complexity index is 88.5. The molecule has 2 nitrogen and oxygen atoms in total. The highest BCUT2D eigenvalue weighted by Gasteiger charge is 2.05. The van der Waals surface area contributed by atoms with Crippen LogP contribution >= 0.6 is 0 Å². The number of aliphatic hydroxyl groups is 1. The molecule has 0 saturated carbocycles. The Morgan fingerprint density at radius 2 is 2.62 bits per heavy atom. The molecular formula is C6H10O2. The summed E-state index contributed by atoms with van der Waals surface area (Å²) in [5.41, 5.74) is 0. The van der Waals surface area contributed by atoms with Gasteiger partial charge in [-0.05, 0) is 12.5 Å². The topological polar surface area (TPSA) is 29.5 Å². The maximum Gasteiger partial charge on any atom is 0.0879 e. The van der Waals surface area contributed by atoms with Crippen molar-refractivity contribution < 1.29 is 9.84 Å². The van der Waals surface area contributed by atoms with Crippen molar-refractivity contribution in [1.82, 2.24) is 0 Å². The zero-order valence-electron chi connectivity index (χ0n) is 4.71. The van der Waals surface area contributed by atoms with Gasteiger partial charge in [-0.1, -0.05) is 0 Å². The van der Waals surface area contributed by atoms with Gasteiger partial charge in [-0.2, -0.15) is 0 Å². The van der Waals surface area contributed by atoms with Crippen molar-refractivity contribution in [2.75, 3.05) is 13.2 Å². The van der Waals surface area contributed by atoms with E-state index in [4.69, 9.17) is 9.84 Å². The second-order valence-electron chi connectivity index (χ2n) is 1.93. The average Bonchev–Trinajstić information content (AvgIpc) is 1.90. The number of ether oxygens (including phenoxy) is 1. The quantitative estimate of drug-likeness (QED) is 0.538. The minimum absolute atomic E-state index is 0.250. The lowest BCUT2D eigenvalue weighted by molar-refractivity contribution is 0.168. The maximum absolute atomic E-state index is 8.58. The zero-order chi connectivity index (χ0) is 5.82. The summed E-state index contributed by atoms with van der Waals surface area (Å²) >= 11 is 0. The second kappa shape index (κ2) is 2.72. The van der Waals surface area contributed by atoms with Gasteiger partial charge >= 0.3 is 0 Å². The smallest absolute Gasteiger partial charge is 0.0879 e. The van der Waals surface area contributed by atoms with Crippen molar-refractivity contribution in [2.24, 2.45) is 5.92 Å². The van der Waals surface area contributed by atoms with E-state index in [0.29, 0.717) is 5.92 Å². The van der Waals surface area contributed by atoms with Gasteiger partial charge in [-0.15, -0.1) is 0 Å². The largest absolute Gasteiger partial charge is 0.501 e. The van der Waals surface area contributed by atoms with E-state index in [-0.39, 0.29) is 6.61 Å². The van der Waals surface area contributed by atoms with Gasteiger partial charge < -0.3 is 9.84 Å². The minimum Gasteiger partial charge on any atom is -0.501 e. The van der Waals surface area contributed by atoms with Gasteiger partial charge in [0.2, 0.25) is 0 Å². The average molecular weight is 114 g/mol. The molecule has 0 fully saturated rings. The predicted molar refractivity (Wildman–Crippen MR) is 30.3 cm³/mol. The fourth-order valence-corrected chi connectivity index (χ4v) is 0.702. The minimum atomic E-state index is 0.250. The van der Waals surface area contributed by atoms with Crippen LogP contribution in [0.15, 0.2) is 12.3 Å². The van der Waals surface area contributed by atoms with E-state index in [0.717, 1.165) is 13.0 Å². The third kappa shape index (κ3) is 1.23. The second-order valence-corrected chi connectivity index (χ2v) is 1.93. The summed E-state index contributed by atoms with van der Waals surface area (Å²) in [6, 6.07) is 0. The maximum atomic E-state index is 8.58. The Hall–Kier alpha value is -0.500. The molecule has 1 N–H and O–H groups in total. The van der Waals surface area contributed by atoms with Crippen molar-refractivity contribution in [2.45, 2.75) is 6.42 Å². The van der Waals surface area contributed by atoms with Gasteiger partial charge in [0.05, 0.1) is 12.9 Å². The molecule has 0 aromatic heterocycles. The lowest BCUT2D eigenvalue weighted by Crippen LogP contribution is -2.09. The van der Waals surface area contributed by atoms with Crippen molar-refractivity contribution in [3.8, 4) is 0 Å². The Labute approximate surface area is 48.8 Å². The van der Waals surface area contributed by atoms with Crippen LogP contribution < -0.4 is 0 Å². The SMILES string of the molecule is OCC1C=COCC1. The van der Waals surface area contributed by atoms with E-state index < -0.39 is 0 Å². The molecule has 0 bridgehead atoms. The standard InChI is InChI=1S/C6H10O2/c7-5-6-1-3-8-4-2-6/h1,3,6-7H,2,4-5H2. The lowest BCUT2D eigenvalue weighted by atomic mass is 10.1.